The van der Waals surface area contributed by atoms with Gasteiger partial charge in [-0.05, 0) is 28.3 Å². The Morgan fingerprint density at radius 1 is 1.05 bits per heavy atom. The molecule has 0 aromatic heterocycles. The lowest BCUT2D eigenvalue weighted by Crippen LogP contribution is -2.43. The maximum absolute atomic E-state index is 11.0. The SMILES string of the molecule is CC(C)[Si](C#Cc1ccccc1CC(=O)O)(C(C)C)C(C)C. The first kappa shape index (κ1) is 18.5. The van der Waals surface area contributed by atoms with E-state index in [0.717, 1.165) is 11.1 Å². The Morgan fingerprint density at radius 3 is 2.00 bits per heavy atom. The summed E-state index contributed by atoms with van der Waals surface area (Å²) in [7, 11) is -1.78. The molecule has 3 heteroatoms. The summed E-state index contributed by atoms with van der Waals surface area (Å²) in [6.07, 6.45) is 0.0322. The van der Waals surface area contributed by atoms with Crippen LogP contribution in [0.25, 0.3) is 0 Å². The summed E-state index contributed by atoms with van der Waals surface area (Å²) in [4.78, 5) is 11.0. The Morgan fingerprint density at radius 2 is 1.55 bits per heavy atom. The monoisotopic (exact) mass is 316 g/mol. The van der Waals surface area contributed by atoms with E-state index in [9.17, 15) is 4.79 Å². The molecule has 0 spiro atoms. The molecule has 0 atom stereocenters. The number of carbonyl (C=O) groups is 1. The summed E-state index contributed by atoms with van der Waals surface area (Å²) in [6, 6.07) is 7.60. The zero-order chi connectivity index (χ0) is 16.9. The molecule has 22 heavy (non-hydrogen) atoms. The zero-order valence-corrected chi connectivity index (χ0v) is 15.6. The van der Waals surface area contributed by atoms with Gasteiger partial charge < -0.3 is 5.11 Å². The summed E-state index contributed by atoms with van der Waals surface area (Å²) in [6.45, 7) is 13.7. The van der Waals surface area contributed by atoms with Crippen molar-refractivity contribution in [3.63, 3.8) is 0 Å². The first-order chi connectivity index (χ1) is 10.2. The highest BCUT2D eigenvalue weighted by molar-refractivity contribution is 6.90. The summed E-state index contributed by atoms with van der Waals surface area (Å²) >= 11 is 0. The lowest BCUT2D eigenvalue weighted by atomic mass is 10.1. The van der Waals surface area contributed by atoms with Crippen molar-refractivity contribution < 1.29 is 9.90 Å². The van der Waals surface area contributed by atoms with Gasteiger partial charge in [0.25, 0.3) is 0 Å². The number of benzene rings is 1. The van der Waals surface area contributed by atoms with Gasteiger partial charge >= 0.3 is 5.97 Å². The van der Waals surface area contributed by atoms with Crippen LogP contribution in [0.5, 0.6) is 0 Å². The summed E-state index contributed by atoms with van der Waals surface area (Å²) < 4.78 is 0. The summed E-state index contributed by atoms with van der Waals surface area (Å²) in [5, 5.41) is 9.04. The highest BCUT2D eigenvalue weighted by Gasteiger charge is 2.41. The molecule has 1 aromatic rings. The topological polar surface area (TPSA) is 37.3 Å². The third-order valence-corrected chi connectivity index (χ3v) is 10.9. The number of carboxylic acid groups (broad SMARTS) is 1. The van der Waals surface area contributed by atoms with Crippen LogP contribution in [0.4, 0.5) is 0 Å². The number of rotatable bonds is 5. The third kappa shape index (κ3) is 4.01. The molecule has 0 saturated carbocycles. The highest BCUT2D eigenvalue weighted by atomic mass is 28.3. The molecule has 0 heterocycles. The van der Waals surface area contributed by atoms with E-state index in [1.165, 1.54) is 0 Å². The molecule has 120 valence electrons. The van der Waals surface area contributed by atoms with Gasteiger partial charge in [0.2, 0.25) is 0 Å². The zero-order valence-electron chi connectivity index (χ0n) is 14.6. The van der Waals surface area contributed by atoms with Crippen LogP contribution in [-0.4, -0.2) is 19.1 Å². The minimum Gasteiger partial charge on any atom is -0.481 e. The smallest absolute Gasteiger partial charge is 0.307 e. The van der Waals surface area contributed by atoms with Crippen LogP contribution in [0.15, 0.2) is 24.3 Å². The van der Waals surface area contributed by atoms with Gasteiger partial charge in [0, 0.05) is 5.56 Å². The van der Waals surface area contributed by atoms with Gasteiger partial charge in [0.1, 0.15) is 8.07 Å². The van der Waals surface area contributed by atoms with Gasteiger partial charge in [0.15, 0.2) is 0 Å². The Hall–Kier alpha value is -1.53. The van der Waals surface area contributed by atoms with Gasteiger partial charge in [-0.2, -0.15) is 0 Å². The second-order valence-electron chi connectivity index (χ2n) is 6.87. The van der Waals surface area contributed by atoms with Crippen molar-refractivity contribution >= 4 is 14.0 Å². The third-order valence-electron chi connectivity index (χ3n) is 4.64. The van der Waals surface area contributed by atoms with Gasteiger partial charge in [-0.25, -0.2) is 0 Å². The molecular weight excluding hydrogens is 288 g/mol. The van der Waals surface area contributed by atoms with E-state index in [2.05, 4.69) is 53.0 Å². The maximum Gasteiger partial charge on any atom is 0.307 e. The lowest BCUT2D eigenvalue weighted by molar-refractivity contribution is -0.136. The molecule has 1 rings (SSSR count). The van der Waals surface area contributed by atoms with Crippen LogP contribution in [0, 0.1) is 11.5 Å². The Kier molecular flexibility index (Phi) is 6.43. The molecule has 1 N–H and O–H groups in total. The molecule has 0 saturated heterocycles. The highest BCUT2D eigenvalue weighted by Crippen LogP contribution is 2.40. The summed E-state index contributed by atoms with van der Waals surface area (Å²) in [5.41, 5.74) is 7.06. The predicted octanol–water partition coefficient (Wildman–Crippen LogP) is 4.88. The van der Waals surface area contributed by atoms with E-state index in [0.29, 0.717) is 16.6 Å². The first-order valence-corrected chi connectivity index (χ1v) is 10.3. The quantitative estimate of drug-likeness (QED) is 0.621. The van der Waals surface area contributed by atoms with Gasteiger partial charge in [-0.1, -0.05) is 65.7 Å². The van der Waals surface area contributed by atoms with Crippen molar-refractivity contribution in [1.29, 1.82) is 0 Å². The summed E-state index contributed by atoms with van der Waals surface area (Å²) in [5.74, 6) is 2.54. The van der Waals surface area contributed by atoms with E-state index in [-0.39, 0.29) is 6.42 Å². The van der Waals surface area contributed by atoms with Crippen molar-refractivity contribution in [2.75, 3.05) is 0 Å². The van der Waals surface area contributed by atoms with Crippen LogP contribution in [-0.2, 0) is 11.2 Å². The molecule has 0 fully saturated rings. The van der Waals surface area contributed by atoms with Crippen molar-refractivity contribution in [1.82, 2.24) is 0 Å². The Balaban J connectivity index is 3.33. The molecule has 0 unspecified atom stereocenters. The van der Waals surface area contributed by atoms with Crippen LogP contribution in [0.3, 0.4) is 0 Å². The molecule has 1 aromatic carbocycles. The van der Waals surface area contributed by atoms with Gasteiger partial charge in [-0.3, -0.25) is 4.79 Å². The molecule has 2 nitrogen and oxygen atoms in total. The maximum atomic E-state index is 11.0. The minimum absolute atomic E-state index is 0.0322. The van der Waals surface area contributed by atoms with Crippen molar-refractivity contribution in [2.24, 2.45) is 0 Å². The Bertz CT molecular complexity index is 555. The van der Waals surface area contributed by atoms with E-state index in [1.807, 2.05) is 24.3 Å². The number of carboxylic acids is 1. The molecule has 0 aliphatic rings. The normalized spacial score (nSPS) is 11.7. The van der Waals surface area contributed by atoms with Crippen LogP contribution in [0.1, 0.15) is 52.7 Å². The van der Waals surface area contributed by atoms with Crippen LogP contribution >= 0.6 is 0 Å². The second kappa shape index (κ2) is 7.65. The minimum atomic E-state index is -1.78. The van der Waals surface area contributed by atoms with Crippen molar-refractivity contribution in [2.45, 2.75) is 64.6 Å². The fraction of sp³-hybridized carbons (Fsp3) is 0.526. The van der Waals surface area contributed by atoms with E-state index in [1.54, 1.807) is 0 Å². The van der Waals surface area contributed by atoms with E-state index < -0.39 is 14.0 Å². The molecule has 0 radical (unpaired) electrons. The molecule has 0 aliphatic heterocycles. The molecule has 0 bridgehead atoms. The fourth-order valence-corrected chi connectivity index (χ4v) is 8.79. The van der Waals surface area contributed by atoms with E-state index >= 15 is 0 Å². The standard InChI is InChI=1S/C19H28O2Si/c1-14(2)22(15(3)4,16(5)6)12-11-17-9-7-8-10-18(17)13-19(20)21/h7-10,14-16H,13H2,1-6H3,(H,20,21). The van der Waals surface area contributed by atoms with Gasteiger partial charge in [0.05, 0.1) is 6.42 Å². The molecule has 0 amide bonds. The average molecular weight is 317 g/mol. The molecular formula is C19H28O2Si. The van der Waals surface area contributed by atoms with Crippen molar-refractivity contribution in [3.05, 3.63) is 35.4 Å². The predicted molar refractivity (Wildman–Crippen MR) is 95.7 cm³/mol. The van der Waals surface area contributed by atoms with Crippen LogP contribution in [0.2, 0.25) is 16.6 Å². The van der Waals surface area contributed by atoms with E-state index in [4.69, 9.17) is 5.11 Å². The second-order valence-corrected chi connectivity index (χ2v) is 12.5. The van der Waals surface area contributed by atoms with Crippen molar-refractivity contribution in [3.8, 4) is 11.5 Å². The molecule has 0 aliphatic carbocycles. The average Bonchev–Trinajstić information content (AvgIpc) is 2.39. The largest absolute Gasteiger partial charge is 0.481 e. The number of aliphatic carboxylic acids is 1. The van der Waals surface area contributed by atoms with Crippen LogP contribution < -0.4 is 0 Å². The number of hydrogen-bond donors (Lipinski definition) is 1. The fourth-order valence-electron chi connectivity index (χ4n) is 3.57. The lowest BCUT2D eigenvalue weighted by Gasteiger charge is -2.38. The Labute approximate surface area is 136 Å². The first-order valence-electron chi connectivity index (χ1n) is 8.04. The van der Waals surface area contributed by atoms with Gasteiger partial charge in [-0.15, -0.1) is 5.54 Å². The number of hydrogen-bond acceptors (Lipinski definition) is 1.